The first-order valence-electron chi connectivity index (χ1n) is 6.02. The van der Waals surface area contributed by atoms with Crippen molar-refractivity contribution in [2.75, 3.05) is 19.8 Å². The molecule has 0 saturated heterocycles. The van der Waals surface area contributed by atoms with Crippen molar-refractivity contribution in [1.82, 2.24) is 5.32 Å². The van der Waals surface area contributed by atoms with E-state index in [1.165, 1.54) is 11.1 Å². The molecule has 2 nitrogen and oxygen atoms in total. The molecule has 0 fully saturated rings. The second-order valence-electron chi connectivity index (χ2n) is 4.41. The lowest BCUT2D eigenvalue weighted by molar-refractivity contribution is -0.173. The fourth-order valence-corrected chi connectivity index (χ4v) is 2.26. The van der Waals surface area contributed by atoms with Gasteiger partial charge < -0.3 is 10.1 Å². The molecule has 2 rings (SSSR count). The number of alkyl halides is 3. The van der Waals surface area contributed by atoms with Crippen LogP contribution in [0.5, 0.6) is 0 Å². The summed E-state index contributed by atoms with van der Waals surface area (Å²) in [6.45, 7) is -0.650. The molecule has 1 aromatic carbocycles. The second-order valence-corrected chi connectivity index (χ2v) is 4.41. The highest BCUT2D eigenvalue weighted by Gasteiger charge is 2.27. The lowest BCUT2D eigenvalue weighted by atomic mass is 10.1. The monoisotopic (exact) mass is 259 g/mol. The maximum Gasteiger partial charge on any atom is 0.411 e. The molecule has 1 N–H and O–H groups in total. The molecule has 18 heavy (non-hydrogen) atoms. The predicted molar refractivity (Wildman–Crippen MR) is 62.4 cm³/mol. The third-order valence-corrected chi connectivity index (χ3v) is 3.04. The van der Waals surface area contributed by atoms with Gasteiger partial charge in [0.1, 0.15) is 6.61 Å². The van der Waals surface area contributed by atoms with Crippen LogP contribution in [0, 0.1) is 0 Å². The van der Waals surface area contributed by atoms with Crippen molar-refractivity contribution in [2.24, 2.45) is 0 Å². The van der Waals surface area contributed by atoms with E-state index in [9.17, 15) is 13.2 Å². The number of rotatable bonds is 5. The molecule has 0 amide bonds. The molecule has 0 heterocycles. The maximum atomic E-state index is 11.8. The summed E-state index contributed by atoms with van der Waals surface area (Å²) in [5.41, 5.74) is 2.58. The number of hydrogen-bond donors (Lipinski definition) is 1. The van der Waals surface area contributed by atoms with Gasteiger partial charge in [0.2, 0.25) is 0 Å². The van der Waals surface area contributed by atoms with Crippen LogP contribution in [0.2, 0.25) is 0 Å². The van der Waals surface area contributed by atoms with Crippen molar-refractivity contribution in [3.05, 3.63) is 35.4 Å². The highest BCUT2D eigenvalue weighted by molar-refractivity contribution is 5.34. The first-order valence-corrected chi connectivity index (χ1v) is 6.02. The van der Waals surface area contributed by atoms with Crippen LogP contribution in [0.1, 0.15) is 23.6 Å². The molecular formula is C13H16F3NO. The number of hydrogen-bond acceptors (Lipinski definition) is 2. The Morgan fingerprint density at radius 3 is 2.83 bits per heavy atom. The SMILES string of the molecule is FC(F)(F)COCCNC1CCc2ccccc21. The van der Waals surface area contributed by atoms with Crippen LogP contribution in [-0.4, -0.2) is 25.9 Å². The van der Waals surface area contributed by atoms with Crippen LogP contribution in [0.3, 0.4) is 0 Å². The van der Waals surface area contributed by atoms with Gasteiger partial charge in [0.25, 0.3) is 0 Å². The summed E-state index contributed by atoms with van der Waals surface area (Å²) < 4.78 is 40.1. The Balaban J connectivity index is 1.70. The van der Waals surface area contributed by atoms with Crippen LogP contribution >= 0.6 is 0 Å². The Morgan fingerprint density at radius 2 is 2.06 bits per heavy atom. The van der Waals surface area contributed by atoms with Gasteiger partial charge in [-0.15, -0.1) is 0 Å². The van der Waals surface area contributed by atoms with E-state index >= 15 is 0 Å². The van der Waals surface area contributed by atoms with E-state index in [1.54, 1.807) is 0 Å². The van der Waals surface area contributed by atoms with Gasteiger partial charge in [-0.2, -0.15) is 13.2 Å². The molecule has 1 aliphatic carbocycles. The first-order chi connectivity index (χ1) is 8.56. The van der Waals surface area contributed by atoms with E-state index in [-0.39, 0.29) is 12.6 Å². The summed E-state index contributed by atoms with van der Waals surface area (Å²) in [4.78, 5) is 0. The van der Waals surface area contributed by atoms with Gasteiger partial charge in [-0.25, -0.2) is 0 Å². The van der Waals surface area contributed by atoms with Crippen molar-refractivity contribution in [3.63, 3.8) is 0 Å². The molecule has 1 unspecified atom stereocenters. The van der Waals surface area contributed by atoms with Crippen LogP contribution in [0.4, 0.5) is 13.2 Å². The van der Waals surface area contributed by atoms with Crippen LogP contribution in [-0.2, 0) is 11.2 Å². The fraction of sp³-hybridized carbons (Fsp3) is 0.538. The minimum atomic E-state index is -4.24. The number of halogens is 3. The zero-order chi connectivity index (χ0) is 13.0. The molecule has 0 bridgehead atoms. The minimum Gasteiger partial charge on any atom is -0.371 e. The molecule has 1 atom stereocenters. The second kappa shape index (κ2) is 5.71. The maximum absolute atomic E-state index is 11.8. The van der Waals surface area contributed by atoms with Gasteiger partial charge >= 0.3 is 6.18 Å². The standard InChI is InChI=1S/C13H16F3NO/c14-13(15,16)9-18-8-7-17-12-6-5-10-3-1-2-4-11(10)12/h1-4,12,17H,5-9H2. The smallest absolute Gasteiger partial charge is 0.371 e. The quantitative estimate of drug-likeness (QED) is 0.821. The Labute approximate surface area is 104 Å². The summed E-state index contributed by atoms with van der Waals surface area (Å²) in [6.07, 6.45) is -2.21. The van der Waals surface area contributed by atoms with Gasteiger partial charge in [0, 0.05) is 12.6 Å². The fourth-order valence-electron chi connectivity index (χ4n) is 2.26. The summed E-state index contributed by atoms with van der Waals surface area (Å²) in [7, 11) is 0. The Bertz CT molecular complexity index is 392. The van der Waals surface area contributed by atoms with E-state index in [2.05, 4.69) is 22.2 Å². The van der Waals surface area contributed by atoms with Crippen molar-refractivity contribution < 1.29 is 17.9 Å². The highest BCUT2D eigenvalue weighted by atomic mass is 19.4. The van der Waals surface area contributed by atoms with Gasteiger partial charge in [-0.05, 0) is 24.0 Å². The average Bonchev–Trinajstić information content (AvgIpc) is 2.71. The third-order valence-electron chi connectivity index (χ3n) is 3.04. The molecule has 0 aliphatic heterocycles. The van der Waals surface area contributed by atoms with Gasteiger partial charge in [-0.3, -0.25) is 0 Å². The predicted octanol–water partition coefficient (Wildman–Crippen LogP) is 2.84. The average molecular weight is 259 g/mol. The van der Waals surface area contributed by atoms with Gasteiger partial charge in [0.15, 0.2) is 0 Å². The van der Waals surface area contributed by atoms with Crippen molar-refractivity contribution in [2.45, 2.75) is 25.1 Å². The summed E-state index contributed by atoms with van der Waals surface area (Å²) >= 11 is 0. The molecular weight excluding hydrogens is 243 g/mol. The normalized spacial score (nSPS) is 18.9. The van der Waals surface area contributed by atoms with Crippen molar-refractivity contribution in [3.8, 4) is 0 Å². The zero-order valence-corrected chi connectivity index (χ0v) is 9.96. The first kappa shape index (κ1) is 13.4. The Kier molecular flexibility index (Phi) is 4.24. The van der Waals surface area contributed by atoms with Crippen LogP contribution in [0.15, 0.2) is 24.3 Å². The largest absolute Gasteiger partial charge is 0.411 e. The summed E-state index contributed by atoms with van der Waals surface area (Å²) in [5.74, 6) is 0. The van der Waals surface area contributed by atoms with E-state index in [4.69, 9.17) is 0 Å². The van der Waals surface area contributed by atoms with Gasteiger partial charge in [0.05, 0.1) is 6.61 Å². The number of fused-ring (bicyclic) bond motifs is 1. The van der Waals surface area contributed by atoms with Crippen LogP contribution in [0.25, 0.3) is 0 Å². The Morgan fingerprint density at radius 1 is 1.28 bits per heavy atom. The summed E-state index contributed by atoms with van der Waals surface area (Å²) in [6, 6.07) is 8.40. The topological polar surface area (TPSA) is 21.3 Å². The lowest BCUT2D eigenvalue weighted by Gasteiger charge is -2.14. The van der Waals surface area contributed by atoms with E-state index in [1.807, 2.05) is 12.1 Å². The molecule has 0 spiro atoms. The number of nitrogens with one attached hydrogen (secondary N) is 1. The van der Waals surface area contributed by atoms with Gasteiger partial charge in [-0.1, -0.05) is 24.3 Å². The van der Waals surface area contributed by atoms with E-state index < -0.39 is 12.8 Å². The highest BCUT2D eigenvalue weighted by Crippen LogP contribution is 2.30. The number of benzene rings is 1. The molecule has 0 radical (unpaired) electrons. The molecule has 1 aromatic rings. The van der Waals surface area contributed by atoms with Crippen LogP contribution < -0.4 is 5.32 Å². The van der Waals surface area contributed by atoms with Crippen molar-refractivity contribution in [1.29, 1.82) is 0 Å². The minimum absolute atomic E-state index is 0.0815. The molecule has 1 aliphatic rings. The lowest BCUT2D eigenvalue weighted by Crippen LogP contribution is -2.26. The number of aryl methyl sites for hydroxylation is 1. The summed E-state index contributed by atoms with van der Waals surface area (Å²) in [5, 5.41) is 3.23. The molecule has 0 saturated carbocycles. The molecule has 5 heteroatoms. The molecule has 0 aromatic heterocycles. The molecule has 100 valence electrons. The van der Waals surface area contributed by atoms with Crippen molar-refractivity contribution >= 4 is 0 Å². The van der Waals surface area contributed by atoms with E-state index in [0.29, 0.717) is 6.54 Å². The Hall–Kier alpha value is -1.07. The van der Waals surface area contributed by atoms with E-state index in [0.717, 1.165) is 12.8 Å². The number of ether oxygens (including phenoxy) is 1. The third kappa shape index (κ3) is 3.71. The zero-order valence-electron chi connectivity index (χ0n) is 9.96.